The monoisotopic (exact) mass is 248 g/mol. The van der Waals surface area contributed by atoms with Gasteiger partial charge in [0.1, 0.15) is 0 Å². The molecular weight excluding hydrogens is 224 g/mol. The van der Waals surface area contributed by atoms with Crippen molar-refractivity contribution in [1.29, 1.82) is 0 Å². The minimum Gasteiger partial charge on any atom is -0.315 e. The van der Waals surface area contributed by atoms with Gasteiger partial charge in [-0.25, -0.2) is 0 Å². The third-order valence-electron chi connectivity index (χ3n) is 4.01. The Balaban J connectivity index is 2.59. The van der Waals surface area contributed by atoms with Gasteiger partial charge in [-0.1, -0.05) is 6.92 Å². The van der Waals surface area contributed by atoms with Gasteiger partial charge in [0.05, 0.1) is 0 Å². The molecule has 18 heavy (non-hydrogen) atoms. The molecule has 0 aromatic carbocycles. The largest absolute Gasteiger partial charge is 0.315 e. The van der Waals surface area contributed by atoms with Gasteiger partial charge in [0.15, 0.2) is 0 Å². The van der Waals surface area contributed by atoms with Crippen LogP contribution in [-0.4, -0.2) is 11.6 Å². The SMILES string of the molecule is CCC(C)n1c2c(cc(CNC)c1=O)CCCC2. The molecule has 1 aromatic rings. The van der Waals surface area contributed by atoms with Crippen molar-refractivity contribution in [2.75, 3.05) is 7.05 Å². The number of hydrogen-bond acceptors (Lipinski definition) is 2. The molecular formula is C15H24N2O. The van der Waals surface area contributed by atoms with Gasteiger partial charge in [0.2, 0.25) is 0 Å². The molecule has 0 radical (unpaired) electrons. The van der Waals surface area contributed by atoms with Gasteiger partial charge in [-0.2, -0.15) is 0 Å². The topological polar surface area (TPSA) is 34.0 Å². The predicted octanol–water partition coefficient (Wildman–Crippen LogP) is 2.42. The van der Waals surface area contributed by atoms with Crippen molar-refractivity contribution in [3.63, 3.8) is 0 Å². The first-order valence-corrected chi connectivity index (χ1v) is 7.09. The highest BCUT2D eigenvalue weighted by atomic mass is 16.1. The van der Waals surface area contributed by atoms with Gasteiger partial charge < -0.3 is 9.88 Å². The van der Waals surface area contributed by atoms with Crippen LogP contribution in [0.15, 0.2) is 10.9 Å². The number of rotatable bonds is 4. The van der Waals surface area contributed by atoms with Gasteiger partial charge in [0.25, 0.3) is 5.56 Å². The van der Waals surface area contributed by atoms with E-state index in [0.29, 0.717) is 12.6 Å². The van der Waals surface area contributed by atoms with Gasteiger partial charge >= 0.3 is 0 Å². The van der Waals surface area contributed by atoms with E-state index in [9.17, 15) is 4.79 Å². The average molecular weight is 248 g/mol. The van der Waals surface area contributed by atoms with E-state index in [4.69, 9.17) is 0 Å². The Morgan fingerprint density at radius 2 is 2.11 bits per heavy atom. The molecule has 0 fully saturated rings. The maximum Gasteiger partial charge on any atom is 0.255 e. The molecule has 0 aliphatic heterocycles. The molecule has 0 saturated carbocycles. The van der Waals surface area contributed by atoms with Crippen molar-refractivity contribution >= 4 is 0 Å². The summed E-state index contributed by atoms with van der Waals surface area (Å²) in [6, 6.07) is 2.44. The van der Waals surface area contributed by atoms with Crippen LogP contribution in [0.5, 0.6) is 0 Å². The van der Waals surface area contributed by atoms with Crippen molar-refractivity contribution in [1.82, 2.24) is 9.88 Å². The predicted molar refractivity (Wildman–Crippen MR) is 75.1 cm³/mol. The summed E-state index contributed by atoms with van der Waals surface area (Å²) in [7, 11) is 1.90. The van der Waals surface area contributed by atoms with Crippen molar-refractivity contribution < 1.29 is 0 Å². The summed E-state index contributed by atoms with van der Waals surface area (Å²) >= 11 is 0. The molecule has 3 nitrogen and oxygen atoms in total. The first-order valence-electron chi connectivity index (χ1n) is 7.09. The lowest BCUT2D eigenvalue weighted by Crippen LogP contribution is -2.33. The maximum absolute atomic E-state index is 12.6. The van der Waals surface area contributed by atoms with Crippen molar-refractivity contribution in [2.24, 2.45) is 0 Å². The lowest BCUT2D eigenvalue weighted by atomic mass is 9.93. The first-order chi connectivity index (χ1) is 8.69. The Kier molecular flexibility index (Phi) is 4.23. The minimum absolute atomic E-state index is 0.208. The van der Waals surface area contributed by atoms with Gasteiger partial charge in [0, 0.05) is 23.8 Å². The van der Waals surface area contributed by atoms with Crippen LogP contribution in [-0.2, 0) is 19.4 Å². The van der Waals surface area contributed by atoms with E-state index in [1.165, 1.54) is 24.1 Å². The van der Waals surface area contributed by atoms with Crippen LogP contribution in [0.2, 0.25) is 0 Å². The number of nitrogens with one attached hydrogen (secondary N) is 1. The highest BCUT2D eigenvalue weighted by Gasteiger charge is 2.19. The van der Waals surface area contributed by atoms with E-state index in [2.05, 4.69) is 29.8 Å². The summed E-state index contributed by atoms with van der Waals surface area (Å²) in [5.74, 6) is 0. The zero-order valence-corrected chi connectivity index (χ0v) is 11.8. The van der Waals surface area contributed by atoms with Crippen LogP contribution < -0.4 is 10.9 Å². The standard InChI is InChI=1S/C15H24N2O/c1-4-11(2)17-14-8-6-5-7-12(14)9-13(10-16-3)15(17)18/h9,11,16H,4-8,10H2,1-3H3. The maximum atomic E-state index is 12.6. The lowest BCUT2D eigenvalue weighted by Gasteiger charge is -2.25. The number of pyridine rings is 1. The smallest absolute Gasteiger partial charge is 0.255 e. The zero-order valence-electron chi connectivity index (χ0n) is 11.8. The summed E-state index contributed by atoms with van der Waals surface area (Å²) in [5.41, 5.74) is 3.81. The molecule has 1 atom stereocenters. The number of aromatic nitrogens is 1. The summed E-state index contributed by atoms with van der Waals surface area (Å²) < 4.78 is 2.06. The summed E-state index contributed by atoms with van der Waals surface area (Å²) in [6.45, 7) is 4.97. The Labute approximate surface area is 109 Å². The Morgan fingerprint density at radius 3 is 2.78 bits per heavy atom. The number of nitrogens with zero attached hydrogens (tertiary/aromatic N) is 1. The van der Waals surface area contributed by atoms with E-state index in [1.807, 2.05) is 7.05 Å². The number of hydrogen-bond donors (Lipinski definition) is 1. The molecule has 0 saturated heterocycles. The molecule has 0 spiro atoms. The summed E-state index contributed by atoms with van der Waals surface area (Å²) in [6.07, 6.45) is 5.67. The second kappa shape index (κ2) is 5.70. The van der Waals surface area contributed by atoms with Crippen LogP contribution in [0.3, 0.4) is 0 Å². The second-order valence-electron chi connectivity index (χ2n) is 5.31. The fourth-order valence-corrected chi connectivity index (χ4v) is 2.86. The van der Waals surface area contributed by atoms with Crippen molar-refractivity contribution in [2.45, 2.75) is 58.5 Å². The molecule has 3 heteroatoms. The average Bonchev–Trinajstić information content (AvgIpc) is 2.39. The van der Waals surface area contributed by atoms with Crippen LogP contribution in [0, 0.1) is 0 Å². The molecule has 1 aromatic heterocycles. The molecule has 100 valence electrons. The summed E-state index contributed by atoms with van der Waals surface area (Å²) in [4.78, 5) is 12.6. The van der Waals surface area contributed by atoms with E-state index in [1.54, 1.807) is 0 Å². The fraction of sp³-hybridized carbons (Fsp3) is 0.667. The van der Waals surface area contributed by atoms with Crippen LogP contribution in [0.25, 0.3) is 0 Å². The molecule has 0 bridgehead atoms. The normalized spacial score (nSPS) is 16.4. The van der Waals surface area contributed by atoms with E-state index in [0.717, 1.165) is 24.8 Å². The first kappa shape index (κ1) is 13.3. The molecule has 2 rings (SSSR count). The summed E-state index contributed by atoms with van der Waals surface area (Å²) in [5, 5.41) is 3.10. The van der Waals surface area contributed by atoms with E-state index < -0.39 is 0 Å². The van der Waals surface area contributed by atoms with Crippen molar-refractivity contribution in [3.05, 3.63) is 33.2 Å². The quantitative estimate of drug-likeness (QED) is 0.888. The third kappa shape index (κ3) is 2.37. The van der Waals surface area contributed by atoms with Gasteiger partial charge in [-0.15, -0.1) is 0 Å². The highest BCUT2D eigenvalue weighted by molar-refractivity contribution is 5.29. The van der Waals surface area contributed by atoms with Crippen LogP contribution in [0.1, 0.15) is 56.0 Å². The molecule has 1 unspecified atom stereocenters. The number of fused-ring (bicyclic) bond motifs is 1. The highest BCUT2D eigenvalue weighted by Crippen LogP contribution is 2.24. The Hall–Kier alpha value is -1.09. The molecule has 0 amide bonds. The number of aryl methyl sites for hydroxylation is 1. The Bertz CT molecular complexity index is 476. The van der Waals surface area contributed by atoms with Gasteiger partial charge in [-0.3, -0.25) is 4.79 Å². The van der Waals surface area contributed by atoms with Crippen LogP contribution >= 0.6 is 0 Å². The molecule has 1 heterocycles. The van der Waals surface area contributed by atoms with Crippen molar-refractivity contribution in [3.8, 4) is 0 Å². The minimum atomic E-state index is 0.208. The molecule has 1 aliphatic carbocycles. The van der Waals surface area contributed by atoms with Gasteiger partial charge in [-0.05, 0) is 57.7 Å². The third-order valence-corrected chi connectivity index (χ3v) is 4.01. The second-order valence-corrected chi connectivity index (χ2v) is 5.31. The fourth-order valence-electron chi connectivity index (χ4n) is 2.86. The lowest BCUT2D eigenvalue weighted by molar-refractivity contribution is 0.471. The molecule has 1 aliphatic rings. The molecule has 1 N–H and O–H groups in total. The Morgan fingerprint density at radius 1 is 1.39 bits per heavy atom. The van der Waals surface area contributed by atoms with E-state index >= 15 is 0 Å². The van der Waals surface area contributed by atoms with Crippen LogP contribution in [0.4, 0.5) is 0 Å². The zero-order chi connectivity index (χ0) is 13.1. The van der Waals surface area contributed by atoms with E-state index in [-0.39, 0.29) is 5.56 Å².